The molecule has 1 fully saturated rings. The molecule has 0 aromatic carbocycles. The molecule has 1 aromatic rings. The third-order valence-electron chi connectivity index (χ3n) is 3.05. The van der Waals surface area contributed by atoms with Gasteiger partial charge in [0.05, 0.1) is 5.25 Å². The van der Waals surface area contributed by atoms with Crippen molar-refractivity contribution in [2.45, 2.75) is 32.4 Å². The van der Waals surface area contributed by atoms with Gasteiger partial charge in [0.1, 0.15) is 11.6 Å². The number of anilines is 1. The summed E-state index contributed by atoms with van der Waals surface area (Å²) in [5.41, 5.74) is 2.29. The molecule has 3 nitrogen and oxygen atoms in total. The maximum Gasteiger partial charge on any atom is 0.144 e. The van der Waals surface area contributed by atoms with Gasteiger partial charge in [-0.25, -0.2) is 9.97 Å². The molecule has 1 aliphatic heterocycles. The highest BCUT2D eigenvalue weighted by Gasteiger charge is 2.20. The molecule has 1 aliphatic rings. The Kier molecular flexibility index (Phi) is 5.18. The predicted molar refractivity (Wildman–Crippen MR) is 82.8 cm³/mol. The van der Waals surface area contributed by atoms with Crippen molar-refractivity contribution in [1.82, 2.24) is 9.97 Å². The van der Waals surface area contributed by atoms with Gasteiger partial charge in [-0.15, -0.1) is 11.8 Å². The maximum atomic E-state index is 4.74. The first kappa shape index (κ1) is 14.0. The number of aryl methyl sites for hydroxylation is 1. The topological polar surface area (TPSA) is 37.8 Å². The molecule has 18 heavy (non-hydrogen) atoms. The summed E-state index contributed by atoms with van der Waals surface area (Å²) in [6.45, 7) is 7.33. The average Bonchev–Trinajstić information content (AvgIpc) is 2.41. The lowest BCUT2D eigenvalue weighted by Gasteiger charge is -2.21. The zero-order chi connectivity index (χ0) is 13.0. The molecule has 1 atom stereocenters. The third kappa shape index (κ3) is 3.32. The second kappa shape index (κ2) is 6.66. The normalized spacial score (nSPS) is 19.8. The summed E-state index contributed by atoms with van der Waals surface area (Å²) < 4.78 is 0. The first-order chi connectivity index (χ1) is 8.72. The molecule has 0 saturated carbocycles. The van der Waals surface area contributed by atoms with Crippen LogP contribution in [0, 0.1) is 13.8 Å². The zero-order valence-electron chi connectivity index (χ0n) is 11.3. The highest BCUT2D eigenvalue weighted by Crippen LogP contribution is 2.35. The van der Waals surface area contributed by atoms with E-state index in [1.807, 2.05) is 23.5 Å². The number of rotatable bonds is 4. The Bertz CT molecular complexity index is 403. The second-order valence-electron chi connectivity index (χ2n) is 4.50. The number of aromatic nitrogens is 2. The molecule has 5 heteroatoms. The zero-order valence-corrected chi connectivity index (χ0v) is 13.0. The van der Waals surface area contributed by atoms with Crippen LogP contribution in [0.1, 0.15) is 35.7 Å². The van der Waals surface area contributed by atoms with Crippen molar-refractivity contribution in [2.75, 3.05) is 29.1 Å². The smallest absolute Gasteiger partial charge is 0.144 e. The fourth-order valence-electron chi connectivity index (χ4n) is 1.85. The first-order valence-electron chi connectivity index (χ1n) is 6.50. The van der Waals surface area contributed by atoms with Crippen LogP contribution in [0.2, 0.25) is 0 Å². The molecular weight excluding hydrogens is 262 g/mol. The molecule has 2 heterocycles. The van der Waals surface area contributed by atoms with Crippen LogP contribution in [0.25, 0.3) is 0 Å². The Balaban J connectivity index is 2.22. The first-order valence-corrected chi connectivity index (χ1v) is 8.71. The van der Waals surface area contributed by atoms with Crippen molar-refractivity contribution in [2.24, 2.45) is 0 Å². The number of hydrogen-bond acceptors (Lipinski definition) is 5. The SMILES string of the molecule is CCCNc1nc(C2CSCCS2)nc(C)c1C. The van der Waals surface area contributed by atoms with E-state index in [9.17, 15) is 0 Å². The molecule has 0 bridgehead atoms. The van der Waals surface area contributed by atoms with Crippen molar-refractivity contribution < 1.29 is 0 Å². The maximum absolute atomic E-state index is 4.74. The van der Waals surface area contributed by atoms with Gasteiger partial charge >= 0.3 is 0 Å². The molecule has 1 unspecified atom stereocenters. The Morgan fingerprint density at radius 1 is 1.28 bits per heavy atom. The van der Waals surface area contributed by atoms with Crippen LogP contribution in [0.15, 0.2) is 0 Å². The van der Waals surface area contributed by atoms with Crippen molar-refractivity contribution in [3.8, 4) is 0 Å². The van der Waals surface area contributed by atoms with Gasteiger partial charge in [0.2, 0.25) is 0 Å². The van der Waals surface area contributed by atoms with E-state index in [2.05, 4.69) is 31.1 Å². The molecule has 0 radical (unpaired) electrons. The number of hydrogen-bond donors (Lipinski definition) is 1. The summed E-state index contributed by atoms with van der Waals surface area (Å²) in [6.07, 6.45) is 1.12. The van der Waals surface area contributed by atoms with E-state index in [1.54, 1.807) is 0 Å². The summed E-state index contributed by atoms with van der Waals surface area (Å²) in [5, 5.41) is 3.88. The molecule has 1 saturated heterocycles. The molecule has 0 spiro atoms. The monoisotopic (exact) mass is 283 g/mol. The minimum absolute atomic E-state index is 0.463. The van der Waals surface area contributed by atoms with Crippen molar-refractivity contribution in [1.29, 1.82) is 0 Å². The van der Waals surface area contributed by atoms with Crippen LogP contribution in [0.5, 0.6) is 0 Å². The molecule has 1 N–H and O–H groups in total. The van der Waals surface area contributed by atoms with Crippen LogP contribution < -0.4 is 5.32 Å². The lowest BCUT2D eigenvalue weighted by atomic mass is 10.2. The Hall–Kier alpha value is -0.420. The average molecular weight is 283 g/mol. The highest BCUT2D eigenvalue weighted by molar-refractivity contribution is 8.06. The minimum atomic E-state index is 0.463. The van der Waals surface area contributed by atoms with Gasteiger partial charge in [0.25, 0.3) is 0 Å². The molecule has 100 valence electrons. The van der Waals surface area contributed by atoms with Gasteiger partial charge < -0.3 is 5.32 Å². The largest absolute Gasteiger partial charge is 0.370 e. The molecule has 1 aromatic heterocycles. The second-order valence-corrected chi connectivity index (χ2v) is 6.96. The lowest BCUT2D eigenvalue weighted by Crippen LogP contribution is -2.14. The molecular formula is C13H21N3S2. The van der Waals surface area contributed by atoms with Gasteiger partial charge in [-0.3, -0.25) is 0 Å². The molecule has 2 rings (SSSR count). The van der Waals surface area contributed by atoms with E-state index in [0.717, 1.165) is 36.1 Å². The Labute approximate surface area is 118 Å². The third-order valence-corrected chi connectivity index (χ3v) is 5.80. The van der Waals surface area contributed by atoms with E-state index in [1.165, 1.54) is 17.1 Å². The predicted octanol–water partition coefficient (Wildman–Crippen LogP) is 3.44. The van der Waals surface area contributed by atoms with Crippen LogP contribution in [-0.2, 0) is 0 Å². The molecule has 0 aliphatic carbocycles. The minimum Gasteiger partial charge on any atom is -0.370 e. The summed E-state index contributed by atoms with van der Waals surface area (Å²) in [7, 11) is 0. The summed E-state index contributed by atoms with van der Waals surface area (Å²) in [5.74, 6) is 5.64. The van der Waals surface area contributed by atoms with E-state index in [-0.39, 0.29) is 0 Å². The fourth-order valence-corrected chi connectivity index (χ4v) is 4.45. The highest BCUT2D eigenvalue weighted by atomic mass is 32.2. The van der Waals surface area contributed by atoms with Crippen molar-refractivity contribution in [3.63, 3.8) is 0 Å². The van der Waals surface area contributed by atoms with Crippen LogP contribution in [0.3, 0.4) is 0 Å². The number of thioether (sulfide) groups is 2. The van der Waals surface area contributed by atoms with Crippen LogP contribution >= 0.6 is 23.5 Å². The van der Waals surface area contributed by atoms with Crippen molar-refractivity contribution in [3.05, 3.63) is 17.1 Å². The quantitative estimate of drug-likeness (QED) is 0.916. The Morgan fingerprint density at radius 3 is 2.78 bits per heavy atom. The Morgan fingerprint density at radius 2 is 2.11 bits per heavy atom. The van der Waals surface area contributed by atoms with Gasteiger partial charge in [-0.2, -0.15) is 11.8 Å². The summed E-state index contributed by atoms with van der Waals surface area (Å²) in [4.78, 5) is 9.42. The number of nitrogens with one attached hydrogen (secondary N) is 1. The standard InChI is InChI=1S/C13H21N3S2/c1-4-5-14-12-9(2)10(3)15-13(16-12)11-8-17-6-7-18-11/h11H,4-8H2,1-3H3,(H,14,15,16). The van der Waals surface area contributed by atoms with E-state index < -0.39 is 0 Å². The lowest BCUT2D eigenvalue weighted by molar-refractivity contribution is 0.880. The van der Waals surface area contributed by atoms with E-state index in [4.69, 9.17) is 4.98 Å². The van der Waals surface area contributed by atoms with E-state index >= 15 is 0 Å². The van der Waals surface area contributed by atoms with Crippen LogP contribution in [0.4, 0.5) is 5.82 Å². The number of nitrogens with zero attached hydrogens (tertiary/aromatic N) is 2. The van der Waals surface area contributed by atoms with Gasteiger partial charge in [-0.05, 0) is 20.3 Å². The van der Waals surface area contributed by atoms with Gasteiger partial charge in [0.15, 0.2) is 0 Å². The summed E-state index contributed by atoms with van der Waals surface area (Å²) >= 11 is 4.00. The van der Waals surface area contributed by atoms with Crippen LogP contribution in [-0.4, -0.2) is 33.8 Å². The van der Waals surface area contributed by atoms with Crippen molar-refractivity contribution >= 4 is 29.3 Å². The summed E-state index contributed by atoms with van der Waals surface area (Å²) in [6, 6.07) is 0. The van der Waals surface area contributed by atoms with Gasteiger partial charge in [0, 0.05) is 35.1 Å². The van der Waals surface area contributed by atoms with E-state index in [0.29, 0.717) is 5.25 Å². The van der Waals surface area contributed by atoms with Gasteiger partial charge in [-0.1, -0.05) is 6.92 Å². The fraction of sp³-hybridized carbons (Fsp3) is 0.692. The molecule has 0 amide bonds.